The van der Waals surface area contributed by atoms with Crippen LogP contribution in [0.4, 0.5) is 4.79 Å². The van der Waals surface area contributed by atoms with Gasteiger partial charge in [0.2, 0.25) is 0 Å². The maximum Gasteiger partial charge on any atom is 0.410 e. The first-order valence-corrected chi connectivity index (χ1v) is 8.44. The molecular formula is C19H24N2O4. The molecule has 1 aliphatic rings. The first kappa shape index (κ1) is 17.3. The second-order valence-corrected chi connectivity index (χ2v) is 7.30. The Balaban J connectivity index is 1.63. The van der Waals surface area contributed by atoms with Crippen molar-refractivity contribution in [3.05, 3.63) is 46.8 Å². The van der Waals surface area contributed by atoms with Gasteiger partial charge in [0.1, 0.15) is 24.2 Å². The second kappa shape index (κ2) is 6.78. The Labute approximate surface area is 147 Å². The van der Waals surface area contributed by atoms with E-state index in [1.807, 2.05) is 45.9 Å². The van der Waals surface area contributed by atoms with E-state index in [9.17, 15) is 4.79 Å². The van der Waals surface area contributed by atoms with E-state index < -0.39 is 5.60 Å². The molecule has 0 unspecified atom stereocenters. The number of ether oxygens (including phenoxy) is 2. The standard InChI is InChI=1S/C19H24N2O4/c1-13-16(12-24-20-13)11-23-17-6-5-15-10-21(8-7-14(15)9-17)18(22)25-19(2,3)4/h5-6,9,12H,7-8,10-11H2,1-4H3. The molecule has 6 heteroatoms. The quantitative estimate of drug-likeness (QED) is 0.846. The summed E-state index contributed by atoms with van der Waals surface area (Å²) in [4.78, 5) is 14.0. The smallest absolute Gasteiger partial charge is 0.410 e. The van der Waals surface area contributed by atoms with Crippen molar-refractivity contribution in [1.29, 1.82) is 0 Å². The Morgan fingerprint density at radius 3 is 2.80 bits per heavy atom. The lowest BCUT2D eigenvalue weighted by Crippen LogP contribution is -2.39. The van der Waals surface area contributed by atoms with Gasteiger partial charge in [0, 0.05) is 13.1 Å². The van der Waals surface area contributed by atoms with Crippen LogP contribution >= 0.6 is 0 Å². The van der Waals surface area contributed by atoms with E-state index >= 15 is 0 Å². The average molecular weight is 344 g/mol. The number of aryl methyl sites for hydroxylation is 1. The van der Waals surface area contributed by atoms with Crippen LogP contribution in [0.5, 0.6) is 5.75 Å². The van der Waals surface area contributed by atoms with Gasteiger partial charge in [-0.05, 0) is 57.4 Å². The van der Waals surface area contributed by atoms with Gasteiger partial charge in [-0.2, -0.15) is 0 Å². The SMILES string of the molecule is Cc1nocc1COc1ccc2c(c1)CCN(C(=O)OC(C)(C)C)C2. The average Bonchev–Trinajstić information content (AvgIpc) is 2.95. The van der Waals surface area contributed by atoms with Crippen LogP contribution in [0.25, 0.3) is 0 Å². The fourth-order valence-corrected chi connectivity index (χ4v) is 2.71. The van der Waals surface area contributed by atoms with Gasteiger partial charge in [0.25, 0.3) is 0 Å². The summed E-state index contributed by atoms with van der Waals surface area (Å²) in [5, 5.41) is 3.84. The number of benzene rings is 1. The molecule has 1 aromatic carbocycles. The molecule has 3 rings (SSSR count). The lowest BCUT2D eigenvalue weighted by Gasteiger charge is -2.31. The molecule has 1 amide bonds. The van der Waals surface area contributed by atoms with E-state index in [0.717, 1.165) is 29.0 Å². The molecule has 1 aliphatic heterocycles. The van der Waals surface area contributed by atoms with Crippen molar-refractivity contribution in [2.75, 3.05) is 6.54 Å². The summed E-state index contributed by atoms with van der Waals surface area (Å²) in [5.41, 5.74) is 3.64. The lowest BCUT2D eigenvalue weighted by molar-refractivity contribution is 0.0224. The second-order valence-electron chi connectivity index (χ2n) is 7.30. The van der Waals surface area contributed by atoms with Crippen molar-refractivity contribution >= 4 is 6.09 Å². The maximum absolute atomic E-state index is 12.2. The predicted molar refractivity (Wildman–Crippen MR) is 92.4 cm³/mol. The lowest BCUT2D eigenvalue weighted by atomic mass is 10.00. The van der Waals surface area contributed by atoms with E-state index in [4.69, 9.17) is 14.0 Å². The molecule has 0 aliphatic carbocycles. The molecule has 0 bridgehead atoms. The summed E-state index contributed by atoms with van der Waals surface area (Å²) in [7, 11) is 0. The van der Waals surface area contributed by atoms with Crippen LogP contribution < -0.4 is 4.74 Å². The summed E-state index contributed by atoms with van der Waals surface area (Å²) in [6, 6.07) is 5.99. The van der Waals surface area contributed by atoms with E-state index in [1.54, 1.807) is 11.2 Å². The molecular weight excluding hydrogens is 320 g/mol. The monoisotopic (exact) mass is 344 g/mol. The fourth-order valence-electron chi connectivity index (χ4n) is 2.71. The number of nitrogens with zero attached hydrogens (tertiary/aromatic N) is 2. The highest BCUT2D eigenvalue weighted by Gasteiger charge is 2.25. The van der Waals surface area contributed by atoms with Crippen LogP contribution in [0.1, 0.15) is 43.2 Å². The highest BCUT2D eigenvalue weighted by atomic mass is 16.6. The first-order valence-electron chi connectivity index (χ1n) is 8.44. The molecule has 0 saturated heterocycles. The molecule has 0 fully saturated rings. The highest BCUT2D eigenvalue weighted by molar-refractivity contribution is 5.68. The van der Waals surface area contributed by atoms with Crippen molar-refractivity contribution in [3.63, 3.8) is 0 Å². The van der Waals surface area contributed by atoms with Gasteiger partial charge in [-0.25, -0.2) is 4.79 Å². The molecule has 0 saturated carbocycles. The molecule has 0 spiro atoms. The third-order valence-corrected chi connectivity index (χ3v) is 4.09. The van der Waals surface area contributed by atoms with Crippen LogP contribution in [-0.4, -0.2) is 28.3 Å². The Bertz CT molecular complexity index is 761. The number of hydrogen-bond donors (Lipinski definition) is 0. The molecule has 0 radical (unpaired) electrons. The van der Waals surface area contributed by atoms with Gasteiger partial charge in [-0.15, -0.1) is 0 Å². The zero-order chi connectivity index (χ0) is 18.0. The fraction of sp³-hybridized carbons (Fsp3) is 0.474. The van der Waals surface area contributed by atoms with E-state index in [-0.39, 0.29) is 6.09 Å². The van der Waals surface area contributed by atoms with E-state index in [2.05, 4.69) is 5.16 Å². The predicted octanol–water partition coefficient (Wildman–Crippen LogP) is 3.86. The van der Waals surface area contributed by atoms with Crippen LogP contribution in [0.15, 0.2) is 29.0 Å². The molecule has 2 aromatic rings. The zero-order valence-electron chi connectivity index (χ0n) is 15.2. The molecule has 25 heavy (non-hydrogen) atoms. The summed E-state index contributed by atoms with van der Waals surface area (Å²) < 4.78 is 16.2. The van der Waals surface area contributed by atoms with Crippen molar-refractivity contribution in [2.45, 2.75) is 52.9 Å². The van der Waals surface area contributed by atoms with Crippen LogP contribution in [0, 0.1) is 6.92 Å². The van der Waals surface area contributed by atoms with Gasteiger partial charge >= 0.3 is 6.09 Å². The van der Waals surface area contributed by atoms with Gasteiger partial charge < -0.3 is 18.9 Å². The van der Waals surface area contributed by atoms with Crippen molar-refractivity contribution in [2.24, 2.45) is 0 Å². The topological polar surface area (TPSA) is 64.8 Å². The van der Waals surface area contributed by atoms with Crippen LogP contribution in [0.2, 0.25) is 0 Å². The van der Waals surface area contributed by atoms with Crippen LogP contribution in [-0.2, 0) is 24.3 Å². The van der Waals surface area contributed by atoms with Crippen molar-refractivity contribution < 1.29 is 18.8 Å². The minimum absolute atomic E-state index is 0.263. The largest absolute Gasteiger partial charge is 0.489 e. The maximum atomic E-state index is 12.2. The third-order valence-electron chi connectivity index (χ3n) is 4.09. The van der Waals surface area contributed by atoms with Crippen molar-refractivity contribution in [3.8, 4) is 5.75 Å². The van der Waals surface area contributed by atoms with Gasteiger partial charge in [-0.1, -0.05) is 11.2 Å². The number of amides is 1. The number of rotatable bonds is 3. The van der Waals surface area contributed by atoms with Crippen LogP contribution in [0.3, 0.4) is 0 Å². The van der Waals surface area contributed by atoms with Crippen molar-refractivity contribution in [1.82, 2.24) is 10.1 Å². The number of fused-ring (bicyclic) bond motifs is 1. The zero-order valence-corrected chi connectivity index (χ0v) is 15.2. The number of carbonyl (C=O) groups is 1. The summed E-state index contributed by atoms with van der Waals surface area (Å²) in [6.45, 7) is 9.17. The minimum Gasteiger partial charge on any atom is -0.489 e. The normalized spacial score (nSPS) is 14.2. The molecule has 6 nitrogen and oxygen atoms in total. The minimum atomic E-state index is -0.477. The number of carbonyl (C=O) groups excluding carboxylic acids is 1. The molecule has 0 N–H and O–H groups in total. The Morgan fingerprint density at radius 2 is 2.12 bits per heavy atom. The summed E-state index contributed by atoms with van der Waals surface area (Å²) in [6.07, 6.45) is 2.13. The Kier molecular flexibility index (Phi) is 4.70. The number of aromatic nitrogens is 1. The first-order chi connectivity index (χ1) is 11.8. The van der Waals surface area contributed by atoms with Gasteiger partial charge in [-0.3, -0.25) is 0 Å². The highest BCUT2D eigenvalue weighted by Crippen LogP contribution is 2.25. The number of hydrogen-bond acceptors (Lipinski definition) is 5. The van der Waals surface area contributed by atoms with Gasteiger partial charge in [0.15, 0.2) is 0 Å². The van der Waals surface area contributed by atoms with Gasteiger partial charge in [0.05, 0.1) is 11.3 Å². The summed E-state index contributed by atoms with van der Waals surface area (Å²) >= 11 is 0. The molecule has 1 aromatic heterocycles. The third kappa shape index (κ3) is 4.32. The molecule has 0 atom stereocenters. The Morgan fingerprint density at radius 1 is 1.32 bits per heavy atom. The molecule has 2 heterocycles. The molecule has 134 valence electrons. The van der Waals surface area contributed by atoms with E-state index in [0.29, 0.717) is 19.7 Å². The van der Waals surface area contributed by atoms with E-state index in [1.165, 1.54) is 5.56 Å². The summed E-state index contributed by atoms with van der Waals surface area (Å²) in [5.74, 6) is 0.810. The Hall–Kier alpha value is -2.50.